The number of benzene rings is 1. The number of nitrogens with zero attached hydrogens (tertiary/aromatic N) is 4. The van der Waals surface area contributed by atoms with Crippen molar-refractivity contribution in [2.24, 2.45) is 11.8 Å². The molecule has 0 spiro atoms. The molecule has 0 bridgehead atoms. The molecule has 1 aromatic heterocycles. The average Bonchev–Trinajstić information content (AvgIpc) is 2.77. The van der Waals surface area contributed by atoms with E-state index in [4.69, 9.17) is 17.2 Å². The molecule has 0 saturated carbocycles. The normalized spacial score (nSPS) is 22.5. The number of hydrogen-bond donors (Lipinski definition) is 2. The number of rotatable bonds is 6. The molecular formula is C26H40N6S. The first-order chi connectivity index (χ1) is 15.9. The third-order valence-electron chi connectivity index (χ3n) is 6.97. The minimum atomic E-state index is 0.689. The lowest BCUT2D eigenvalue weighted by Gasteiger charge is -2.35. The summed E-state index contributed by atoms with van der Waals surface area (Å²) in [7, 11) is 2.18. The van der Waals surface area contributed by atoms with Crippen LogP contribution in [0.5, 0.6) is 0 Å². The molecule has 0 amide bonds. The predicted molar refractivity (Wildman–Crippen MR) is 144 cm³/mol. The molecule has 2 fully saturated rings. The van der Waals surface area contributed by atoms with Crippen LogP contribution in [0.3, 0.4) is 0 Å². The van der Waals surface area contributed by atoms with Crippen molar-refractivity contribution in [3.05, 3.63) is 29.8 Å². The van der Waals surface area contributed by atoms with E-state index in [1.165, 1.54) is 30.5 Å². The molecule has 1 aromatic carbocycles. The molecule has 33 heavy (non-hydrogen) atoms. The summed E-state index contributed by atoms with van der Waals surface area (Å²) in [5, 5.41) is 8.60. The van der Waals surface area contributed by atoms with E-state index in [0.29, 0.717) is 5.11 Å². The van der Waals surface area contributed by atoms with E-state index in [1.54, 1.807) is 0 Å². The smallest absolute Gasteiger partial charge is 0.170 e. The Kier molecular flexibility index (Phi) is 8.04. The number of thiocarbonyl (C=S) groups is 1. The Hall–Kier alpha value is -1.96. The van der Waals surface area contributed by atoms with Crippen molar-refractivity contribution in [3.63, 3.8) is 0 Å². The van der Waals surface area contributed by atoms with Gasteiger partial charge in [0.25, 0.3) is 0 Å². The molecule has 2 atom stereocenters. The van der Waals surface area contributed by atoms with Crippen molar-refractivity contribution in [2.75, 3.05) is 69.6 Å². The van der Waals surface area contributed by atoms with Gasteiger partial charge in [0.1, 0.15) is 5.82 Å². The van der Waals surface area contributed by atoms with Gasteiger partial charge >= 0.3 is 0 Å². The fourth-order valence-electron chi connectivity index (χ4n) is 5.31. The van der Waals surface area contributed by atoms with Gasteiger partial charge in [0.2, 0.25) is 0 Å². The van der Waals surface area contributed by atoms with E-state index in [2.05, 4.69) is 77.4 Å². The molecule has 2 aromatic rings. The molecule has 2 aliphatic heterocycles. The van der Waals surface area contributed by atoms with Crippen molar-refractivity contribution in [1.29, 1.82) is 0 Å². The standard InChI is InChI=1S/C26H40N6S/c1-19-14-20(2)18-31(17-19)9-5-8-27-26(33)28-22-6-7-24-23(16-22)21(3)15-25(29-24)32-12-10-30(4)11-13-32/h6-7,15-16,19-20H,5,8-14,17-18H2,1-4H3,(H2,27,28,33). The summed E-state index contributed by atoms with van der Waals surface area (Å²) in [5.41, 5.74) is 3.30. The minimum Gasteiger partial charge on any atom is -0.362 e. The molecular weight excluding hydrogens is 428 g/mol. The first-order valence-corrected chi connectivity index (χ1v) is 12.9. The summed E-state index contributed by atoms with van der Waals surface area (Å²) in [6.07, 6.45) is 2.47. The maximum atomic E-state index is 5.55. The zero-order chi connectivity index (χ0) is 23.4. The number of aromatic nitrogens is 1. The van der Waals surface area contributed by atoms with Crippen LogP contribution in [0.4, 0.5) is 11.5 Å². The third kappa shape index (κ3) is 6.55. The van der Waals surface area contributed by atoms with Crippen LogP contribution in [-0.4, -0.2) is 79.3 Å². The van der Waals surface area contributed by atoms with Crippen LogP contribution in [0.1, 0.15) is 32.3 Å². The molecule has 2 unspecified atom stereocenters. The van der Waals surface area contributed by atoms with Gasteiger partial charge < -0.3 is 25.3 Å². The van der Waals surface area contributed by atoms with Crippen molar-refractivity contribution in [3.8, 4) is 0 Å². The largest absolute Gasteiger partial charge is 0.362 e. The molecule has 4 rings (SSSR count). The summed E-state index contributed by atoms with van der Waals surface area (Å²) in [4.78, 5) is 12.3. The van der Waals surface area contributed by atoms with Crippen molar-refractivity contribution >= 4 is 39.7 Å². The molecule has 7 heteroatoms. The van der Waals surface area contributed by atoms with Crippen LogP contribution in [0.2, 0.25) is 0 Å². The molecule has 2 aliphatic rings. The number of anilines is 2. The van der Waals surface area contributed by atoms with E-state index >= 15 is 0 Å². The van der Waals surface area contributed by atoms with Gasteiger partial charge in [0.05, 0.1) is 5.52 Å². The van der Waals surface area contributed by atoms with Gasteiger partial charge in [0.15, 0.2) is 5.11 Å². The second-order valence-electron chi connectivity index (χ2n) is 10.3. The summed E-state index contributed by atoms with van der Waals surface area (Å²) < 4.78 is 0. The number of hydrogen-bond acceptors (Lipinski definition) is 5. The van der Waals surface area contributed by atoms with Gasteiger partial charge in [-0.25, -0.2) is 4.98 Å². The van der Waals surface area contributed by atoms with E-state index in [1.807, 2.05) is 0 Å². The van der Waals surface area contributed by atoms with Crippen molar-refractivity contribution < 1.29 is 0 Å². The van der Waals surface area contributed by atoms with E-state index in [0.717, 1.165) is 74.5 Å². The van der Waals surface area contributed by atoms with Crippen LogP contribution in [0.25, 0.3) is 10.9 Å². The second-order valence-corrected chi connectivity index (χ2v) is 10.7. The van der Waals surface area contributed by atoms with Crippen LogP contribution in [0, 0.1) is 18.8 Å². The van der Waals surface area contributed by atoms with Crippen LogP contribution in [0.15, 0.2) is 24.3 Å². The van der Waals surface area contributed by atoms with Gasteiger partial charge in [-0.15, -0.1) is 0 Å². The number of fused-ring (bicyclic) bond motifs is 1. The van der Waals surface area contributed by atoms with Gasteiger partial charge in [-0.2, -0.15) is 0 Å². The maximum absolute atomic E-state index is 5.55. The van der Waals surface area contributed by atoms with Gasteiger partial charge in [0, 0.05) is 56.9 Å². The van der Waals surface area contributed by atoms with Crippen LogP contribution >= 0.6 is 12.2 Å². The molecule has 2 saturated heterocycles. The highest BCUT2D eigenvalue weighted by molar-refractivity contribution is 7.80. The zero-order valence-electron chi connectivity index (χ0n) is 20.7. The number of likely N-dealkylation sites (N-methyl/N-ethyl adjacent to an activating group) is 1. The summed E-state index contributed by atoms with van der Waals surface area (Å²) in [6.45, 7) is 15.6. The lowest BCUT2D eigenvalue weighted by atomic mass is 9.92. The van der Waals surface area contributed by atoms with Gasteiger partial charge in [-0.05, 0) is 87.2 Å². The van der Waals surface area contributed by atoms with Gasteiger partial charge in [-0.1, -0.05) is 13.8 Å². The Balaban J connectivity index is 1.29. The highest BCUT2D eigenvalue weighted by Crippen LogP contribution is 2.26. The first kappa shape index (κ1) is 24.2. The number of nitrogens with one attached hydrogen (secondary N) is 2. The molecule has 2 N–H and O–H groups in total. The quantitative estimate of drug-likeness (QED) is 0.492. The Morgan fingerprint density at radius 3 is 2.55 bits per heavy atom. The topological polar surface area (TPSA) is 46.7 Å². The molecule has 3 heterocycles. The number of piperidine rings is 1. The highest BCUT2D eigenvalue weighted by Gasteiger charge is 2.21. The zero-order valence-corrected chi connectivity index (χ0v) is 21.5. The monoisotopic (exact) mass is 468 g/mol. The van der Waals surface area contributed by atoms with E-state index in [-0.39, 0.29) is 0 Å². The van der Waals surface area contributed by atoms with E-state index < -0.39 is 0 Å². The van der Waals surface area contributed by atoms with Gasteiger partial charge in [-0.3, -0.25) is 0 Å². The fraction of sp³-hybridized carbons (Fsp3) is 0.615. The number of aryl methyl sites for hydroxylation is 1. The van der Waals surface area contributed by atoms with E-state index in [9.17, 15) is 0 Å². The summed E-state index contributed by atoms with van der Waals surface area (Å²) in [6, 6.07) is 8.56. The second kappa shape index (κ2) is 11.0. The van der Waals surface area contributed by atoms with Crippen LogP contribution in [-0.2, 0) is 0 Å². The average molecular weight is 469 g/mol. The highest BCUT2D eigenvalue weighted by atomic mass is 32.1. The molecule has 0 radical (unpaired) electrons. The molecule has 180 valence electrons. The van der Waals surface area contributed by atoms with Crippen molar-refractivity contribution in [2.45, 2.75) is 33.6 Å². The first-order valence-electron chi connectivity index (χ1n) is 12.5. The number of likely N-dealkylation sites (tertiary alicyclic amines) is 1. The third-order valence-corrected chi connectivity index (χ3v) is 7.21. The Morgan fingerprint density at radius 2 is 1.82 bits per heavy atom. The Bertz CT molecular complexity index is 945. The number of pyridine rings is 1. The lowest BCUT2D eigenvalue weighted by Crippen LogP contribution is -2.44. The Labute approximate surface area is 204 Å². The summed E-state index contributed by atoms with van der Waals surface area (Å²) in [5.74, 6) is 2.71. The SMILES string of the molecule is Cc1cc(N2CCN(C)CC2)nc2ccc(NC(=S)NCCCN3CC(C)CC(C)C3)cc12. The molecule has 6 nitrogen and oxygen atoms in total. The predicted octanol–water partition coefficient (Wildman–Crippen LogP) is 3.95. The number of piperazine rings is 1. The van der Waals surface area contributed by atoms with Crippen molar-refractivity contribution in [1.82, 2.24) is 20.1 Å². The summed E-state index contributed by atoms with van der Waals surface area (Å²) >= 11 is 5.55. The Morgan fingerprint density at radius 1 is 1.09 bits per heavy atom. The maximum Gasteiger partial charge on any atom is 0.170 e. The fourth-order valence-corrected chi connectivity index (χ4v) is 5.53. The van der Waals surface area contributed by atoms with Crippen LogP contribution < -0.4 is 15.5 Å². The molecule has 0 aliphatic carbocycles. The lowest BCUT2D eigenvalue weighted by molar-refractivity contribution is 0.140. The minimum absolute atomic E-state index is 0.689.